The van der Waals surface area contributed by atoms with E-state index in [2.05, 4.69) is 0 Å². The van der Waals surface area contributed by atoms with E-state index in [1.54, 1.807) is 0 Å². The Morgan fingerprint density at radius 2 is 0.900 bits per heavy atom. The summed E-state index contributed by atoms with van der Waals surface area (Å²) in [5.41, 5.74) is -0.436. The Morgan fingerprint density at radius 1 is 0.650 bits per heavy atom. The number of hydrogen-bond donors (Lipinski definition) is 0. The Labute approximate surface area is 108 Å². The maximum atomic E-state index is 12.6. The highest BCUT2D eigenvalue weighted by molar-refractivity contribution is 5.58. The zero-order valence-electron chi connectivity index (χ0n) is 9.49. The molecule has 20 heavy (non-hydrogen) atoms. The van der Waals surface area contributed by atoms with Gasteiger partial charge in [0.1, 0.15) is 0 Å². The van der Waals surface area contributed by atoms with E-state index >= 15 is 0 Å². The minimum absolute atomic E-state index is 0.174. The van der Waals surface area contributed by atoms with Gasteiger partial charge >= 0.3 is 12.4 Å². The summed E-state index contributed by atoms with van der Waals surface area (Å²) in [5.74, 6) is -4.69. The third-order valence-corrected chi connectivity index (χ3v) is 2.06. The Balaban J connectivity index is 2.96. The lowest BCUT2D eigenvalue weighted by Gasteiger charge is -2.04. The molecule has 0 bridgehead atoms. The molecule has 0 fully saturated rings. The molecule has 0 nitrogen and oxygen atoms in total. The number of benzene rings is 1. The molecule has 0 saturated heterocycles. The first-order valence-electron chi connectivity index (χ1n) is 4.99. The number of halogens is 8. The number of rotatable bonds is 2. The molecular weight excluding hydrogens is 296 g/mol. The molecule has 110 valence electrons. The first-order chi connectivity index (χ1) is 9.00. The molecule has 0 aromatic heterocycles. The number of allylic oxidation sites excluding steroid dienone is 2. The van der Waals surface area contributed by atoms with Crippen LogP contribution < -0.4 is 0 Å². The van der Waals surface area contributed by atoms with Gasteiger partial charge in [0, 0.05) is 0 Å². The van der Waals surface area contributed by atoms with E-state index in [4.69, 9.17) is 0 Å². The van der Waals surface area contributed by atoms with Gasteiger partial charge in [-0.05, 0) is 23.3 Å². The number of hydrogen-bond acceptors (Lipinski definition) is 0. The topological polar surface area (TPSA) is 0 Å². The fraction of sp³-hybridized carbons (Fsp3) is 0.167. The van der Waals surface area contributed by atoms with Gasteiger partial charge < -0.3 is 0 Å². The van der Waals surface area contributed by atoms with E-state index in [-0.39, 0.29) is 23.3 Å². The summed E-state index contributed by atoms with van der Waals surface area (Å²) in [5, 5.41) is 0. The monoisotopic (exact) mass is 302 g/mol. The first-order valence-corrected chi connectivity index (χ1v) is 4.99. The van der Waals surface area contributed by atoms with E-state index in [9.17, 15) is 35.1 Å². The summed E-state index contributed by atoms with van der Waals surface area (Å²) in [6.07, 6.45) is -9.93. The molecule has 1 aromatic carbocycles. The van der Waals surface area contributed by atoms with Gasteiger partial charge in [0.25, 0.3) is 0 Å². The van der Waals surface area contributed by atoms with Crippen molar-refractivity contribution in [3.8, 4) is 0 Å². The van der Waals surface area contributed by atoms with E-state index in [1.165, 1.54) is 0 Å². The Hall–Kier alpha value is -1.86. The quantitative estimate of drug-likeness (QED) is 0.639. The lowest BCUT2D eigenvalue weighted by atomic mass is 10.1. The molecule has 0 saturated carbocycles. The summed E-state index contributed by atoms with van der Waals surface area (Å²) >= 11 is 0. The van der Waals surface area contributed by atoms with Crippen molar-refractivity contribution < 1.29 is 35.1 Å². The van der Waals surface area contributed by atoms with Crippen molar-refractivity contribution in [1.29, 1.82) is 0 Å². The molecule has 0 radical (unpaired) electrons. The van der Waals surface area contributed by atoms with E-state index in [0.717, 1.165) is 24.3 Å². The van der Waals surface area contributed by atoms with Crippen molar-refractivity contribution in [2.24, 2.45) is 0 Å². The van der Waals surface area contributed by atoms with Crippen LogP contribution in [0.1, 0.15) is 11.1 Å². The van der Waals surface area contributed by atoms with Crippen molar-refractivity contribution in [2.45, 2.75) is 12.4 Å². The Morgan fingerprint density at radius 3 is 1.10 bits per heavy atom. The van der Waals surface area contributed by atoms with Gasteiger partial charge in [-0.15, -0.1) is 0 Å². The maximum Gasteiger partial charge on any atom is 0.442 e. The SMILES string of the molecule is FC(=Cc1ccc(C=C(F)C(F)(F)F)cc1)C(F)(F)F. The van der Waals surface area contributed by atoms with Gasteiger partial charge in [0.15, 0.2) is 0 Å². The summed E-state index contributed by atoms with van der Waals surface area (Å²) in [6, 6.07) is 3.73. The zero-order chi connectivity index (χ0) is 15.6. The zero-order valence-corrected chi connectivity index (χ0v) is 9.49. The Bertz CT molecular complexity index is 467. The summed E-state index contributed by atoms with van der Waals surface area (Å²) in [6.45, 7) is 0. The molecule has 0 N–H and O–H groups in total. The highest BCUT2D eigenvalue weighted by atomic mass is 19.4. The lowest BCUT2D eigenvalue weighted by Crippen LogP contribution is -2.07. The molecule has 0 amide bonds. The predicted molar refractivity (Wildman–Crippen MR) is 56.7 cm³/mol. The lowest BCUT2D eigenvalue weighted by molar-refractivity contribution is -0.108. The molecule has 1 aromatic rings. The first kappa shape index (κ1) is 16.2. The van der Waals surface area contributed by atoms with Crippen LogP contribution in [-0.4, -0.2) is 12.4 Å². The largest absolute Gasteiger partial charge is 0.442 e. The highest BCUT2D eigenvalue weighted by Crippen LogP contribution is 2.30. The average Bonchev–Trinajstić information content (AvgIpc) is 2.29. The molecule has 0 heterocycles. The van der Waals surface area contributed by atoms with Crippen molar-refractivity contribution in [3.05, 3.63) is 47.0 Å². The van der Waals surface area contributed by atoms with Crippen LogP contribution in [0.2, 0.25) is 0 Å². The van der Waals surface area contributed by atoms with Gasteiger partial charge in [0.2, 0.25) is 11.7 Å². The van der Waals surface area contributed by atoms with Crippen molar-refractivity contribution in [2.75, 3.05) is 0 Å². The molecule has 0 aliphatic rings. The third kappa shape index (κ3) is 4.67. The van der Waals surface area contributed by atoms with Crippen LogP contribution in [0, 0.1) is 0 Å². The van der Waals surface area contributed by atoms with Gasteiger partial charge in [-0.3, -0.25) is 0 Å². The van der Waals surface area contributed by atoms with Crippen LogP contribution in [0.4, 0.5) is 35.1 Å². The smallest absolute Gasteiger partial charge is 0.202 e. The van der Waals surface area contributed by atoms with Gasteiger partial charge in [0.05, 0.1) is 0 Å². The van der Waals surface area contributed by atoms with Crippen molar-refractivity contribution in [1.82, 2.24) is 0 Å². The standard InChI is InChI=1S/C12H6F8/c13-9(11(15,16)17)5-7-1-2-8(4-3-7)6-10(14)12(18,19)20/h1-6H. The van der Waals surface area contributed by atoms with Crippen LogP contribution in [0.25, 0.3) is 12.2 Å². The van der Waals surface area contributed by atoms with Gasteiger partial charge in [-0.1, -0.05) is 24.3 Å². The van der Waals surface area contributed by atoms with Crippen LogP contribution >= 0.6 is 0 Å². The van der Waals surface area contributed by atoms with Crippen molar-refractivity contribution in [3.63, 3.8) is 0 Å². The average molecular weight is 302 g/mol. The minimum atomic E-state index is -5.14. The molecule has 0 atom stereocenters. The normalized spacial score (nSPS) is 14.6. The van der Waals surface area contributed by atoms with Crippen LogP contribution in [0.3, 0.4) is 0 Å². The fourth-order valence-electron chi connectivity index (χ4n) is 1.14. The fourth-order valence-corrected chi connectivity index (χ4v) is 1.14. The van der Waals surface area contributed by atoms with E-state index in [0.29, 0.717) is 0 Å². The van der Waals surface area contributed by atoms with E-state index < -0.39 is 24.0 Å². The molecule has 1 rings (SSSR count). The molecule has 0 aliphatic heterocycles. The van der Waals surface area contributed by atoms with Gasteiger partial charge in [-0.2, -0.15) is 26.3 Å². The summed E-state index contributed by atoms with van der Waals surface area (Å²) < 4.78 is 96.5. The second kappa shape index (κ2) is 5.64. The molecule has 0 spiro atoms. The molecule has 0 unspecified atom stereocenters. The molecule has 8 heteroatoms. The molecular formula is C12H6F8. The highest BCUT2D eigenvalue weighted by Gasteiger charge is 2.35. The third-order valence-electron chi connectivity index (χ3n) is 2.06. The number of alkyl halides is 6. The second-order valence-electron chi connectivity index (χ2n) is 3.65. The second-order valence-corrected chi connectivity index (χ2v) is 3.65. The Kier molecular flexibility index (Phi) is 4.57. The van der Waals surface area contributed by atoms with E-state index in [1.807, 2.05) is 0 Å². The van der Waals surface area contributed by atoms with Crippen LogP contribution in [-0.2, 0) is 0 Å². The van der Waals surface area contributed by atoms with Gasteiger partial charge in [-0.25, -0.2) is 8.78 Å². The minimum Gasteiger partial charge on any atom is -0.202 e. The maximum absolute atomic E-state index is 12.6. The van der Waals surface area contributed by atoms with Crippen molar-refractivity contribution >= 4 is 12.2 Å². The summed E-state index contributed by atoms with van der Waals surface area (Å²) in [4.78, 5) is 0. The summed E-state index contributed by atoms with van der Waals surface area (Å²) in [7, 11) is 0. The van der Waals surface area contributed by atoms with Crippen LogP contribution in [0.5, 0.6) is 0 Å². The van der Waals surface area contributed by atoms with Crippen LogP contribution in [0.15, 0.2) is 35.9 Å². The molecule has 0 aliphatic carbocycles. The predicted octanol–water partition coefficient (Wildman–Crippen LogP) is 5.43.